The number of hydrogen-bond acceptors (Lipinski definition) is 4. The maximum Gasteiger partial charge on any atom is 0.411 e. The van der Waals surface area contributed by atoms with E-state index in [1.54, 1.807) is 18.2 Å². The van der Waals surface area contributed by atoms with Crippen molar-refractivity contribution in [1.82, 2.24) is 5.32 Å². The van der Waals surface area contributed by atoms with Crippen molar-refractivity contribution in [1.29, 1.82) is 0 Å². The van der Waals surface area contributed by atoms with E-state index < -0.39 is 24.8 Å². The molecule has 1 aliphatic rings. The summed E-state index contributed by atoms with van der Waals surface area (Å²) in [7, 11) is 0. The molecule has 0 radical (unpaired) electrons. The van der Waals surface area contributed by atoms with Crippen molar-refractivity contribution >= 4 is 5.91 Å². The number of amides is 1. The lowest BCUT2D eigenvalue weighted by molar-refractivity contribution is -0.185. The first-order valence-electron chi connectivity index (χ1n) is 8.05. The SMILES string of the molecule is CC(C)[C@@H](NC(=O)[C@@H](C)OCC(F)(F)F)c1ccc2c(c1)OCCO2. The molecular formula is C17H22F3NO4. The number of nitrogens with one attached hydrogen (secondary N) is 1. The van der Waals surface area contributed by atoms with E-state index in [9.17, 15) is 18.0 Å². The van der Waals surface area contributed by atoms with Gasteiger partial charge in [-0.3, -0.25) is 4.79 Å². The molecule has 140 valence electrons. The largest absolute Gasteiger partial charge is 0.486 e. The third-order valence-electron chi connectivity index (χ3n) is 3.76. The van der Waals surface area contributed by atoms with Crippen LogP contribution in [-0.2, 0) is 9.53 Å². The van der Waals surface area contributed by atoms with Gasteiger partial charge >= 0.3 is 6.18 Å². The van der Waals surface area contributed by atoms with Gasteiger partial charge in [0, 0.05) is 0 Å². The highest BCUT2D eigenvalue weighted by molar-refractivity contribution is 5.80. The zero-order valence-corrected chi connectivity index (χ0v) is 14.4. The molecule has 0 bridgehead atoms. The standard InChI is InChI=1S/C17H22F3NO4/c1-10(2)15(21-16(22)11(3)25-9-17(18,19)20)12-4-5-13-14(8-12)24-7-6-23-13/h4-5,8,10-11,15H,6-7,9H2,1-3H3,(H,21,22)/t11-,15-/m1/s1. The fourth-order valence-electron chi connectivity index (χ4n) is 2.45. The number of carbonyl (C=O) groups is 1. The number of carbonyl (C=O) groups excluding carboxylic acids is 1. The van der Waals surface area contributed by atoms with Gasteiger partial charge in [-0.1, -0.05) is 19.9 Å². The number of hydrogen-bond donors (Lipinski definition) is 1. The Bertz CT molecular complexity index is 604. The lowest BCUT2D eigenvalue weighted by Crippen LogP contribution is -2.40. The highest BCUT2D eigenvalue weighted by Crippen LogP contribution is 2.34. The van der Waals surface area contributed by atoms with E-state index in [1.807, 2.05) is 13.8 Å². The summed E-state index contributed by atoms with van der Waals surface area (Å²) in [5.74, 6) is 0.634. The molecule has 5 nitrogen and oxygen atoms in total. The van der Waals surface area contributed by atoms with Crippen LogP contribution in [0, 0.1) is 5.92 Å². The highest BCUT2D eigenvalue weighted by Gasteiger charge is 2.31. The van der Waals surface area contributed by atoms with Gasteiger partial charge in [-0.2, -0.15) is 13.2 Å². The molecule has 1 heterocycles. The van der Waals surface area contributed by atoms with Gasteiger partial charge < -0.3 is 19.5 Å². The van der Waals surface area contributed by atoms with Gasteiger partial charge in [0.05, 0.1) is 6.04 Å². The number of fused-ring (bicyclic) bond motifs is 1. The van der Waals surface area contributed by atoms with Crippen molar-refractivity contribution < 1.29 is 32.2 Å². The number of benzene rings is 1. The highest BCUT2D eigenvalue weighted by atomic mass is 19.4. The van der Waals surface area contributed by atoms with Crippen molar-refractivity contribution in [3.05, 3.63) is 23.8 Å². The van der Waals surface area contributed by atoms with Gasteiger partial charge in [0.1, 0.15) is 25.9 Å². The molecule has 8 heteroatoms. The topological polar surface area (TPSA) is 56.8 Å². The average molecular weight is 361 g/mol. The first kappa shape index (κ1) is 19.4. The van der Waals surface area contributed by atoms with E-state index in [0.717, 1.165) is 5.56 Å². The monoisotopic (exact) mass is 361 g/mol. The van der Waals surface area contributed by atoms with E-state index in [4.69, 9.17) is 9.47 Å². The van der Waals surface area contributed by atoms with Crippen molar-refractivity contribution in [3.8, 4) is 11.5 Å². The molecule has 1 aromatic carbocycles. The summed E-state index contributed by atoms with van der Waals surface area (Å²) < 4.78 is 52.2. The van der Waals surface area contributed by atoms with Crippen molar-refractivity contribution in [2.75, 3.05) is 19.8 Å². The van der Waals surface area contributed by atoms with Crippen LogP contribution in [0.1, 0.15) is 32.4 Å². The molecule has 1 N–H and O–H groups in total. The zero-order chi connectivity index (χ0) is 18.6. The van der Waals surface area contributed by atoms with Gasteiger partial charge in [-0.15, -0.1) is 0 Å². The summed E-state index contributed by atoms with van der Waals surface area (Å²) in [5.41, 5.74) is 0.788. The second-order valence-electron chi connectivity index (χ2n) is 6.20. The predicted molar refractivity (Wildman–Crippen MR) is 84.6 cm³/mol. The van der Waals surface area contributed by atoms with E-state index in [1.165, 1.54) is 6.92 Å². The maximum atomic E-state index is 12.2. The Kier molecular flexibility index (Phi) is 6.16. The number of rotatable bonds is 6. The molecule has 0 saturated heterocycles. The van der Waals surface area contributed by atoms with Crippen LogP contribution in [0.4, 0.5) is 13.2 Å². The van der Waals surface area contributed by atoms with Gasteiger partial charge in [-0.05, 0) is 30.5 Å². The minimum Gasteiger partial charge on any atom is -0.486 e. The first-order chi connectivity index (χ1) is 11.7. The molecule has 0 aliphatic carbocycles. The molecule has 1 aliphatic heterocycles. The number of ether oxygens (including phenoxy) is 3. The van der Waals surface area contributed by atoms with Crippen LogP contribution in [0.25, 0.3) is 0 Å². The van der Waals surface area contributed by atoms with Crippen LogP contribution in [-0.4, -0.2) is 38.0 Å². The summed E-state index contributed by atoms with van der Waals surface area (Å²) in [6.45, 7) is 4.56. The lowest BCUT2D eigenvalue weighted by Gasteiger charge is -2.26. The third-order valence-corrected chi connectivity index (χ3v) is 3.76. The molecule has 1 amide bonds. The zero-order valence-electron chi connectivity index (χ0n) is 14.4. The lowest BCUT2D eigenvalue weighted by atomic mass is 9.95. The fourth-order valence-corrected chi connectivity index (χ4v) is 2.45. The van der Waals surface area contributed by atoms with E-state index in [0.29, 0.717) is 24.7 Å². The quantitative estimate of drug-likeness (QED) is 0.845. The molecule has 2 rings (SSSR count). The second-order valence-corrected chi connectivity index (χ2v) is 6.20. The van der Waals surface area contributed by atoms with E-state index >= 15 is 0 Å². The van der Waals surface area contributed by atoms with E-state index in [-0.39, 0.29) is 12.0 Å². The summed E-state index contributed by atoms with van der Waals surface area (Å²) in [4.78, 5) is 12.2. The smallest absolute Gasteiger partial charge is 0.411 e. The summed E-state index contributed by atoms with van der Waals surface area (Å²) in [6.07, 6.45) is -5.68. The summed E-state index contributed by atoms with van der Waals surface area (Å²) in [5, 5.41) is 2.75. The molecule has 2 atom stereocenters. The number of halogens is 3. The van der Waals surface area contributed by atoms with Gasteiger partial charge in [-0.25, -0.2) is 0 Å². The van der Waals surface area contributed by atoms with Crippen LogP contribution in [0.2, 0.25) is 0 Å². The van der Waals surface area contributed by atoms with Crippen molar-refractivity contribution in [2.45, 2.75) is 39.1 Å². The Labute approximate surface area is 144 Å². The average Bonchev–Trinajstić information content (AvgIpc) is 2.55. The summed E-state index contributed by atoms with van der Waals surface area (Å²) in [6, 6.07) is 4.95. The van der Waals surface area contributed by atoms with Crippen molar-refractivity contribution in [3.63, 3.8) is 0 Å². The Morgan fingerprint density at radius 3 is 2.44 bits per heavy atom. The Morgan fingerprint density at radius 2 is 1.84 bits per heavy atom. The molecule has 25 heavy (non-hydrogen) atoms. The van der Waals surface area contributed by atoms with Gasteiger partial charge in [0.25, 0.3) is 0 Å². The molecule has 0 aromatic heterocycles. The first-order valence-corrected chi connectivity index (χ1v) is 8.05. The number of alkyl halides is 3. The normalized spacial score (nSPS) is 16.4. The fraction of sp³-hybridized carbons (Fsp3) is 0.588. The predicted octanol–water partition coefficient (Wildman–Crippen LogP) is 3.24. The van der Waals surface area contributed by atoms with Gasteiger partial charge in [0.15, 0.2) is 11.5 Å². The van der Waals surface area contributed by atoms with Crippen molar-refractivity contribution in [2.24, 2.45) is 5.92 Å². The van der Waals surface area contributed by atoms with Crippen LogP contribution in [0.15, 0.2) is 18.2 Å². The van der Waals surface area contributed by atoms with Crippen LogP contribution in [0.3, 0.4) is 0 Å². The molecule has 0 unspecified atom stereocenters. The van der Waals surface area contributed by atoms with Crippen LogP contribution >= 0.6 is 0 Å². The molecule has 0 spiro atoms. The third kappa shape index (κ3) is 5.52. The Balaban J connectivity index is 2.06. The van der Waals surface area contributed by atoms with Crippen LogP contribution in [0.5, 0.6) is 11.5 Å². The summed E-state index contributed by atoms with van der Waals surface area (Å²) >= 11 is 0. The maximum absolute atomic E-state index is 12.2. The molecule has 0 saturated carbocycles. The minimum atomic E-state index is -4.47. The molecule has 0 fully saturated rings. The minimum absolute atomic E-state index is 0.0151. The van der Waals surface area contributed by atoms with Crippen LogP contribution < -0.4 is 14.8 Å². The second kappa shape index (κ2) is 7.95. The Morgan fingerprint density at radius 1 is 1.20 bits per heavy atom. The molecule has 1 aromatic rings. The van der Waals surface area contributed by atoms with E-state index in [2.05, 4.69) is 10.1 Å². The van der Waals surface area contributed by atoms with Gasteiger partial charge in [0.2, 0.25) is 5.91 Å². The molecular weight excluding hydrogens is 339 g/mol. The Hall–Kier alpha value is -1.96.